The molecule has 1 aromatic rings. The maximum Gasteiger partial charge on any atom is 0.254 e. The maximum atomic E-state index is 12.9. The van der Waals surface area contributed by atoms with Crippen LogP contribution in [-0.4, -0.2) is 57.0 Å². The summed E-state index contributed by atoms with van der Waals surface area (Å²) >= 11 is 0. The molecular weight excluding hydrogens is 314 g/mol. The van der Waals surface area contributed by atoms with Gasteiger partial charge in [-0.05, 0) is 49.9 Å². The highest BCUT2D eigenvalue weighted by Gasteiger charge is 2.34. The second-order valence-electron chi connectivity index (χ2n) is 6.20. The zero-order chi connectivity index (χ0) is 17.0. The number of rotatable bonds is 6. The molecule has 1 aliphatic rings. The van der Waals surface area contributed by atoms with Crippen molar-refractivity contribution < 1.29 is 17.9 Å². The molecule has 128 valence electrons. The predicted octanol–water partition coefficient (Wildman–Crippen LogP) is 1.97. The number of methoxy groups -OCH3 is 1. The molecule has 1 atom stereocenters. The second-order valence-corrected chi connectivity index (χ2v) is 8.43. The van der Waals surface area contributed by atoms with E-state index in [0.717, 1.165) is 11.1 Å². The first-order chi connectivity index (χ1) is 10.8. The molecule has 0 spiro atoms. The average molecular weight is 339 g/mol. The number of aryl methyl sites for hydroxylation is 2. The van der Waals surface area contributed by atoms with Crippen LogP contribution in [0.5, 0.6) is 0 Å². The van der Waals surface area contributed by atoms with E-state index in [9.17, 15) is 13.2 Å². The lowest BCUT2D eigenvalue weighted by Gasteiger charge is -2.28. The van der Waals surface area contributed by atoms with Gasteiger partial charge in [0.1, 0.15) is 0 Å². The standard InChI is InChI=1S/C17H25NO4S/c1-13-5-6-15(11-14(13)2)17(19)18(8-4-9-22-3)16-7-10-23(20,21)12-16/h5-6,11,16H,4,7-10,12H2,1-3H3/t16-/m0/s1. The molecule has 1 aliphatic heterocycles. The number of benzene rings is 1. The highest BCUT2D eigenvalue weighted by molar-refractivity contribution is 7.91. The molecule has 5 nitrogen and oxygen atoms in total. The predicted molar refractivity (Wildman–Crippen MR) is 90.5 cm³/mol. The Bertz CT molecular complexity index is 669. The lowest BCUT2D eigenvalue weighted by Crippen LogP contribution is -2.42. The van der Waals surface area contributed by atoms with Crippen molar-refractivity contribution in [3.8, 4) is 0 Å². The van der Waals surface area contributed by atoms with E-state index in [1.165, 1.54) is 0 Å². The quantitative estimate of drug-likeness (QED) is 0.743. The summed E-state index contributed by atoms with van der Waals surface area (Å²) in [5.74, 6) is 0.140. The molecule has 0 saturated carbocycles. The van der Waals surface area contributed by atoms with Crippen LogP contribution in [0.15, 0.2) is 18.2 Å². The lowest BCUT2D eigenvalue weighted by molar-refractivity contribution is 0.0674. The highest BCUT2D eigenvalue weighted by atomic mass is 32.2. The summed E-state index contributed by atoms with van der Waals surface area (Å²) in [6, 6.07) is 5.40. The van der Waals surface area contributed by atoms with E-state index < -0.39 is 9.84 Å². The largest absolute Gasteiger partial charge is 0.385 e. The number of nitrogens with zero attached hydrogens (tertiary/aromatic N) is 1. The summed E-state index contributed by atoms with van der Waals surface area (Å²) < 4.78 is 28.6. The molecule has 0 aliphatic carbocycles. The lowest BCUT2D eigenvalue weighted by atomic mass is 10.0. The van der Waals surface area contributed by atoms with Gasteiger partial charge in [0.25, 0.3) is 5.91 Å². The minimum absolute atomic E-state index is 0.0660. The molecule has 0 radical (unpaired) electrons. The summed E-state index contributed by atoms with van der Waals surface area (Å²) in [4.78, 5) is 14.6. The smallest absolute Gasteiger partial charge is 0.254 e. The number of carbonyl (C=O) groups excluding carboxylic acids is 1. The van der Waals surface area contributed by atoms with Crippen molar-refractivity contribution in [1.82, 2.24) is 4.90 Å². The van der Waals surface area contributed by atoms with Gasteiger partial charge in [-0.2, -0.15) is 0 Å². The van der Waals surface area contributed by atoms with Crippen LogP contribution in [0.25, 0.3) is 0 Å². The maximum absolute atomic E-state index is 12.9. The van der Waals surface area contributed by atoms with E-state index in [4.69, 9.17) is 4.74 Å². The van der Waals surface area contributed by atoms with Gasteiger partial charge < -0.3 is 9.64 Å². The van der Waals surface area contributed by atoms with E-state index in [2.05, 4.69) is 0 Å². The molecule has 0 aromatic heterocycles. The fourth-order valence-electron chi connectivity index (χ4n) is 2.89. The van der Waals surface area contributed by atoms with Crippen molar-refractivity contribution >= 4 is 15.7 Å². The van der Waals surface area contributed by atoms with Crippen LogP contribution in [0.4, 0.5) is 0 Å². The SMILES string of the molecule is COCCCN(C(=O)c1ccc(C)c(C)c1)[C@H]1CCS(=O)(=O)C1. The molecule has 0 unspecified atom stereocenters. The van der Waals surface area contributed by atoms with E-state index in [1.54, 1.807) is 12.0 Å². The van der Waals surface area contributed by atoms with Crippen LogP contribution in [0, 0.1) is 13.8 Å². The van der Waals surface area contributed by atoms with Crippen molar-refractivity contribution in [2.45, 2.75) is 32.7 Å². The average Bonchev–Trinajstić information content (AvgIpc) is 2.86. The van der Waals surface area contributed by atoms with Gasteiger partial charge in [0.15, 0.2) is 9.84 Å². The normalized spacial score (nSPS) is 19.7. The fourth-order valence-corrected chi connectivity index (χ4v) is 4.62. The van der Waals surface area contributed by atoms with Gasteiger partial charge in [-0.3, -0.25) is 4.79 Å². The van der Waals surface area contributed by atoms with Crippen LogP contribution >= 0.6 is 0 Å². The van der Waals surface area contributed by atoms with E-state index >= 15 is 0 Å². The fraction of sp³-hybridized carbons (Fsp3) is 0.588. The Kier molecular flexibility index (Phi) is 5.81. The van der Waals surface area contributed by atoms with Gasteiger partial charge in [-0.25, -0.2) is 8.42 Å². The number of hydrogen-bond donors (Lipinski definition) is 0. The van der Waals surface area contributed by atoms with Gasteiger partial charge in [0.2, 0.25) is 0 Å². The molecule has 2 rings (SSSR count). The number of carbonyl (C=O) groups is 1. The summed E-state index contributed by atoms with van der Waals surface area (Å²) in [6.07, 6.45) is 1.22. The first kappa shape index (κ1) is 17.9. The molecule has 23 heavy (non-hydrogen) atoms. The van der Waals surface area contributed by atoms with Crippen molar-refractivity contribution in [3.63, 3.8) is 0 Å². The monoisotopic (exact) mass is 339 g/mol. The zero-order valence-corrected chi connectivity index (χ0v) is 14.9. The van der Waals surface area contributed by atoms with E-state index in [-0.39, 0.29) is 23.5 Å². The molecule has 0 bridgehead atoms. The van der Waals surface area contributed by atoms with Crippen LogP contribution in [0.3, 0.4) is 0 Å². The van der Waals surface area contributed by atoms with Crippen molar-refractivity contribution in [2.24, 2.45) is 0 Å². The van der Waals surface area contributed by atoms with Gasteiger partial charge >= 0.3 is 0 Å². The Morgan fingerprint density at radius 1 is 1.30 bits per heavy atom. The summed E-state index contributed by atoms with van der Waals surface area (Å²) in [6.45, 7) is 5.04. The van der Waals surface area contributed by atoms with Gasteiger partial charge in [0.05, 0.1) is 11.5 Å². The van der Waals surface area contributed by atoms with Crippen LogP contribution < -0.4 is 0 Å². The van der Waals surface area contributed by atoms with Crippen LogP contribution in [0.2, 0.25) is 0 Å². The highest BCUT2D eigenvalue weighted by Crippen LogP contribution is 2.21. The second kappa shape index (κ2) is 7.45. The Morgan fingerprint density at radius 2 is 2.04 bits per heavy atom. The number of ether oxygens (including phenoxy) is 1. The number of hydrogen-bond acceptors (Lipinski definition) is 4. The minimum atomic E-state index is -3.03. The van der Waals surface area contributed by atoms with Gasteiger partial charge in [0, 0.05) is 31.9 Å². The molecule has 1 heterocycles. The van der Waals surface area contributed by atoms with E-state index in [1.807, 2.05) is 32.0 Å². The van der Waals surface area contributed by atoms with Crippen molar-refractivity contribution in [1.29, 1.82) is 0 Å². The van der Waals surface area contributed by atoms with Crippen molar-refractivity contribution in [2.75, 3.05) is 31.8 Å². The molecule has 1 aromatic carbocycles. The molecule has 1 saturated heterocycles. The van der Waals surface area contributed by atoms with Crippen LogP contribution in [0.1, 0.15) is 34.3 Å². The van der Waals surface area contributed by atoms with E-state index in [0.29, 0.717) is 31.6 Å². The van der Waals surface area contributed by atoms with Crippen LogP contribution in [-0.2, 0) is 14.6 Å². The van der Waals surface area contributed by atoms with Crippen molar-refractivity contribution in [3.05, 3.63) is 34.9 Å². The first-order valence-electron chi connectivity index (χ1n) is 7.91. The molecule has 0 N–H and O–H groups in total. The molecule has 1 fully saturated rings. The Labute approximate surface area is 138 Å². The number of amides is 1. The number of sulfone groups is 1. The van der Waals surface area contributed by atoms with Gasteiger partial charge in [-0.15, -0.1) is 0 Å². The molecular formula is C17H25NO4S. The summed E-state index contributed by atoms with van der Waals surface area (Å²) in [5, 5.41) is 0. The Balaban J connectivity index is 2.21. The summed E-state index contributed by atoms with van der Waals surface area (Å²) in [5.41, 5.74) is 2.82. The third-order valence-electron chi connectivity index (χ3n) is 4.41. The Hall–Kier alpha value is -1.40. The van der Waals surface area contributed by atoms with Gasteiger partial charge in [-0.1, -0.05) is 6.07 Å². The summed E-state index contributed by atoms with van der Waals surface area (Å²) in [7, 11) is -1.41. The third kappa shape index (κ3) is 4.54. The zero-order valence-electron chi connectivity index (χ0n) is 14.0. The minimum Gasteiger partial charge on any atom is -0.385 e. The first-order valence-corrected chi connectivity index (χ1v) is 9.74. The third-order valence-corrected chi connectivity index (χ3v) is 6.16. The molecule has 1 amide bonds. The Morgan fingerprint density at radius 3 is 2.61 bits per heavy atom. The molecule has 6 heteroatoms. The topological polar surface area (TPSA) is 63.7 Å².